The lowest BCUT2D eigenvalue weighted by Gasteiger charge is -2.35. The fourth-order valence-corrected chi connectivity index (χ4v) is 2.13. The van der Waals surface area contributed by atoms with Gasteiger partial charge in [0.15, 0.2) is 0 Å². The predicted octanol–water partition coefficient (Wildman–Crippen LogP) is 2.84. The molecule has 1 aromatic carbocycles. The van der Waals surface area contributed by atoms with Gasteiger partial charge in [0.05, 0.1) is 17.0 Å². The van der Waals surface area contributed by atoms with Gasteiger partial charge >= 0.3 is 0 Å². The van der Waals surface area contributed by atoms with E-state index in [0.717, 1.165) is 6.07 Å². The maximum atomic E-state index is 13.3. The Hall–Kier alpha value is -1.12. The van der Waals surface area contributed by atoms with Crippen LogP contribution < -0.4 is 0 Å². The molecule has 1 aliphatic rings. The molecule has 1 aliphatic heterocycles. The molecular formula is C11H7BrClFN2O. The Morgan fingerprint density at radius 2 is 2.24 bits per heavy atom. The van der Waals surface area contributed by atoms with Gasteiger partial charge in [0.25, 0.3) is 5.91 Å². The second kappa shape index (κ2) is 4.63. The lowest BCUT2D eigenvalue weighted by atomic mass is 10.0. The van der Waals surface area contributed by atoms with Crippen molar-refractivity contribution in [2.24, 2.45) is 5.92 Å². The molecule has 0 bridgehead atoms. The molecule has 0 aromatic heterocycles. The summed E-state index contributed by atoms with van der Waals surface area (Å²) in [6.07, 6.45) is 0. The fraction of sp³-hybridized carbons (Fsp3) is 0.273. The van der Waals surface area contributed by atoms with E-state index in [9.17, 15) is 9.18 Å². The molecule has 1 amide bonds. The second-order valence-electron chi connectivity index (χ2n) is 3.79. The highest BCUT2D eigenvalue weighted by molar-refractivity contribution is 9.10. The third-order valence-corrected chi connectivity index (χ3v) is 3.82. The van der Waals surface area contributed by atoms with Gasteiger partial charge in [-0.15, -0.1) is 0 Å². The van der Waals surface area contributed by atoms with Crippen LogP contribution in [0, 0.1) is 23.1 Å². The fourth-order valence-electron chi connectivity index (χ4n) is 1.59. The zero-order chi connectivity index (χ0) is 12.6. The third kappa shape index (κ3) is 2.28. The van der Waals surface area contributed by atoms with Crippen molar-refractivity contribution in [2.75, 3.05) is 13.1 Å². The van der Waals surface area contributed by atoms with E-state index in [1.54, 1.807) is 0 Å². The number of carbonyl (C=O) groups excluding carboxylic acids is 1. The number of nitrogens with zero attached hydrogens (tertiary/aromatic N) is 2. The Bertz CT molecular complexity index is 500. The summed E-state index contributed by atoms with van der Waals surface area (Å²) < 4.78 is 13.7. The summed E-state index contributed by atoms with van der Waals surface area (Å²) in [5.41, 5.74) is 0.232. The van der Waals surface area contributed by atoms with Crippen LogP contribution in [0.25, 0.3) is 0 Å². The Morgan fingerprint density at radius 1 is 1.59 bits per heavy atom. The van der Waals surface area contributed by atoms with Gasteiger partial charge in [-0.2, -0.15) is 5.26 Å². The van der Waals surface area contributed by atoms with Gasteiger partial charge in [0, 0.05) is 23.1 Å². The minimum atomic E-state index is -0.637. The van der Waals surface area contributed by atoms with Gasteiger partial charge in [-0.25, -0.2) is 4.39 Å². The third-order valence-electron chi connectivity index (χ3n) is 2.58. The lowest BCUT2D eigenvalue weighted by Crippen LogP contribution is -2.49. The maximum Gasteiger partial charge on any atom is 0.254 e. The number of benzene rings is 1. The minimum absolute atomic E-state index is 0.0416. The number of nitriles is 1. The number of carbonyl (C=O) groups is 1. The molecule has 1 saturated heterocycles. The predicted molar refractivity (Wildman–Crippen MR) is 64.1 cm³/mol. The highest BCUT2D eigenvalue weighted by atomic mass is 79.9. The molecule has 1 heterocycles. The zero-order valence-electron chi connectivity index (χ0n) is 8.58. The molecule has 2 rings (SSSR count). The number of hydrogen-bond donors (Lipinski definition) is 0. The first kappa shape index (κ1) is 12.3. The van der Waals surface area contributed by atoms with Crippen molar-refractivity contribution in [1.82, 2.24) is 4.90 Å². The molecule has 1 aromatic rings. The SMILES string of the molecule is N#CC1CN(C(=O)c2cc(F)c(Cl)c(Br)c2)C1. The van der Waals surface area contributed by atoms with Crippen molar-refractivity contribution in [1.29, 1.82) is 5.26 Å². The average Bonchev–Trinajstić information content (AvgIpc) is 2.23. The van der Waals surface area contributed by atoms with Gasteiger partial charge in [0.1, 0.15) is 5.82 Å². The van der Waals surface area contributed by atoms with Crippen molar-refractivity contribution in [2.45, 2.75) is 0 Å². The number of rotatable bonds is 1. The molecule has 3 nitrogen and oxygen atoms in total. The van der Waals surface area contributed by atoms with Crippen LogP contribution in [0.2, 0.25) is 5.02 Å². The van der Waals surface area contributed by atoms with E-state index in [1.807, 2.05) is 0 Å². The van der Waals surface area contributed by atoms with Crippen molar-refractivity contribution < 1.29 is 9.18 Å². The molecule has 0 radical (unpaired) electrons. The quantitative estimate of drug-likeness (QED) is 0.748. The molecule has 0 spiro atoms. The largest absolute Gasteiger partial charge is 0.336 e. The van der Waals surface area contributed by atoms with Crippen LogP contribution in [-0.2, 0) is 0 Å². The van der Waals surface area contributed by atoms with Crippen LogP contribution in [-0.4, -0.2) is 23.9 Å². The van der Waals surface area contributed by atoms with Gasteiger partial charge in [-0.3, -0.25) is 4.79 Å². The van der Waals surface area contributed by atoms with Crippen LogP contribution >= 0.6 is 27.5 Å². The Labute approximate surface area is 111 Å². The van der Waals surface area contributed by atoms with E-state index in [0.29, 0.717) is 17.6 Å². The van der Waals surface area contributed by atoms with Crippen molar-refractivity contribution in [3.63, 3.8) is 0 Å². The number of halogens is 3. The molecule has 0 atom stereocenters. The smallest absolute Gasteiger partial charge is 0.254 e. The molecule has 0 aliphatic carbocycles. The second-order valence-corrected chi connectivity index (χ2v) is 5.02. The molecule has 88 valence electrons. The molecular weight excluding hydrogens is 310 g/mol. The highest BCUT2D eigenvalue weighted by Gasteiger charge is 2.31. The van der Waals surface area contributed by atoms with Gasteiger partial charge in [0.2, 0.25) is 0 Å². The number of amides is 1. The summed E-state index contributed by atoms with van der Waals surface area (Å²) >= 11 is 8.72. The van der Waals surface area contributed by atoms with Crippen LogP contribution in [0.15, 0.2) is 16.6 Å². The monoisotopic (exact) mass is 316 g/mol. The van der Waals surface area contributed by atoms with Crippen LogP contribution in [0.1, 0.15) is 10.4 Å². The summed E-state index contributed by atoms with van der Waals surface area (Å²) in [6.45, 7) is 0.800. The lowest BCUT2D eigenvalue weighted by molar-refractivity contribution is 0.0577. The molecule has 0 N–H and O–H groups in total. The Morgan fingerprint density at radius 3 is 2.76 bits per heavy atom. The Balaban J connectivity index is 2.19. The topological polar surface area (TPSA) is 44.1 Å². The van der Waals surface area contributed by atoms with Crippen molar-refractivity contribution in [3.8, 4) is 6.07 Å². The summed E-state index contributed by atoms with van der Waals surface area (Å²) in [5.74, 6) is -1.03. The molecule has 0 unspecified atom stereocenters. The van der Waals surface area contributed by atoms with E-state index in [1.165, 1.54) is 11.0 Å². The normalized spacial score (nSPS) is 15.3. The Kier molecular flexibility index (Phi) is 3.36. The van der Waals surface area contributed by atoms with Crippen LogP contribution in [0.4, 0.5) is 4.39 Å². The molecule has 0 saturated carbocycles. The van der Waals surface area contributed by atoms with Crippen LogP contribution in [0.3, 0.4) is 0 Å². The van der Waals surface area contributed by atoms with Crippen LogP contribution in [0.5, 0.6) is 0 Å². The minimum Gasteiger partial charge on any atom is -0.336 e. The van der Waals surface area contributed by atoms with E-state index in [4.69, 9.17) is 16.9 Å². The zero-order valence-corrected chi connectivity index (χ0v) is 10.9. The first-order valence-electron chi connectivity index (χ1n) is 4.86. The van der Waals surface area contributed by atoms with Gasteiger partial charge in [-0.1, -0.05) is 11.6 Å². The number of likely N-dealkylation sites (tertiary alicyclic amines) is 1. The van der Waals surface area contributed by atoms with E-state index in [-0.39, 0.29) is 22.4 Å². The summed E-state index contributed by atoms with van der Waals surface area (Å²) in [7, 11) is 0. The van der Waals surface area contributed by atoms with Gasteiger partial charge in [-0.05, 0) is 28.1 Å². The molecule has 6 heteroatoms. The van der Waals surface area contributed by atoms with Crippen molar-refractivity contribution >= 4 is 33.4 Å². The number of hydrogen-bond acceptors (Lipinski definition) is 2. The molecule has 17 heavy (non-hydrogen) atoms. The summed E-state index contributed by atoms with van der Waals surface area (Å²) in [6, 6.07) is 4.66. The first-order chi connectivity index (χ1) is 8.02. The highest BCUT2D eigenvalue weighted by Crippen LogP contribution is 2.28. The first-order valence-corrected chi connectivity index (χ1v) is 6.03. The van der Waals surface area contributed by atoms with Gasteiger partial charge < -0.3 is 4.90 Å². The average molecular weight is 318 g/mol. The van der Waals surface area contributed by atoms with Crippen molar-refractivity contribution in [3.05, 3.63) is 33.0 Å². The molecule has 1 fully saturated rings. The standard InChI is InChI=1S/C11H7BrClFN2O/c12-8-1-7(2-9(14)10(8)13)11(17)16-4-6(3-15)5-16/h1-2,6H,4-5H2. The summed E-state index contributed by atoms with van der Waals surface area (Å²) in [5, 5.41) is 8.57. The summed E-state index contributed by atoms with van der Waals surface area (Å²) in [4.78, 5) is 13.4. The maximum absolute atomic E-state index is 13.3. The van der Waals surface area contributed by atoms with E-state index < -0.39 is 5.82 Å². The van der Waals surface area contributed by atoms with E-state index in [2.05, 4.69) is 22.0 Å². The van der Waals surface area contributed by atoms with E-state index >= 15 is 0 Å².